The first-order valence-corrected chi connectivity index (χ1v) is 18.2. The second-order valence-corrected chi connectivity index (χ2v) is 14.4. The predicted molar refractivity (Wildman–Crippen MR) is 198 cm³/mol. The molecule has 6 amide bonds. The van der Waals surface area contributed by atoms with E-state index in [2.05, 4.69) is 16.0 Å². The van der Waals surface area contributed by atoms with Crippen molar-refractivity contribution >= 4 is 41.2 Å². The van der Waals surface area contributed by atoms with Crippen LogP contribution in [0.15, 0.2) is 66.7 Å². The second-order valence-electron chi connectivity index (χ2n) is 14.4. The Morgan fingerprint density at radius 1 is 0.887 bits per heavy atom. The van der Waals surface area contributed by atoms with Gasteiger partial charge in [-0.2, -0.15) is 0 Å². The molecule has 0 radical (unpaired) electrons. The fraction of sp³-hybridized carbons (Fsp3) is 0.425. The van der Waals surface area contributed by atoms with Crippen molar-refractivity contribution in [3.63, 3.8) is 0 Å². The molecule has 2 fully saturated rings. The quantitative estimate of drug-likeness (QED) is 0.151. The first-order chi connectivity index (χ1) is 25.4. The topological polar surface area (TPSA) is 167 Å². The van der Waals surface area contributed by atoms with Gasteiger partial charge in [0.2, 0.25) is 5.91 Å². The van der Waals surface area contributed by atoms with Crippen molar-refractivity contribution in [3.8, 4) is 11.5 Å². The number of para-hydroxylation sites is 1. The molecule has 280 valence electrons. The van der Waals surface area contributed by atoms with Crippen molar-refractivity contribution in [2.24, 2.45) is 5.92 Å². The van der Waals surface area contributed by atoms with Crippen molar-refractivity contribution in [1.29, 1.82) is 0 Å². The molecule has 3 aromatic rings. The highest BCUT2D eigenvalue weighted by Gasteiger charge is 2.59. The zero-order valence-corrected chi connectivity index (χ0v) is 30.4. The Balaban J connectivity index is 1.23. The van der Waals surface area contributed by atoms with Crippen molar-refractivity contribution in [3.05, 3.63) is 83.4 Å². The number of aryl methyl sites for hydroxylation is 1. The van der Waals surface area contributed by atoms with Crippen LogP contribution in [-0.2, 0) is 20.9 Å². The first kappa shape index (κ1) is 37.2. The van der Waals surface area contributed by atoms with Crippen LogP contribution >= 0.6 is 0 Å². The van der Waals surface area contributed by atoms with E-state index in [4.69, 9.17) is 9.47 Å². The lowest BCUT2D eigenvalue weighted by molar-refractivity contribution is -0.142. The third kappa shape index (κ3) is 8.24. The van der Waals surface area contributed by atoms with Gasteiger partial charge in [0.1, 0.15) is 24.8 Å². The summed E-state index contributed by atoms with van der Waals surface area (Å²) >= 11 is 0. The number of fused-ring (bicyclic) bond motifs is 1. The molecule has 1 saturated carbocycles. The minimum atomic E-state index is -1.16. The number of urea groups is 2. The minimum Gasteiger partial charge on any atom is -0.486 e. The van der Waals surface area contributed by atoms with Crippen LogP contribution in [0.4, 0.5) is 21.0 Å². The molecule has 13 heteroatoms. The number of carboxylic acid groups (broad SMARTS) is 1. The van der Waals surface area contributed by atoms with Crippen LogP contribution in [0.5, 0.6) is 11.5 Å². The SMILES string of the molecule is Cc1ccccc1NC(=O)Nc1ccc(CN2C(=O)N(C(CC(C)C)C(=O)NC(CC(=O)O)c3ccc4c(c3)OCCO4)C(=O)C23CCCCC3)cc1. The highest BCUT2D eigenvalue weighted by atomic mass is 16.6. The third-order valence-electron chi connectivity index (χ3n) is 10.2. The summed E-state index contributed by atoms with van der Waals surface area (Å²) in [5, 5.41) is 18.3. The standard InChI is InChI=1S/C40H47N5O8/c1-25(2)21-32(36(48)42-31(23-35(46)47)28-13-16-33-34(22-28)53-20-19-52-33)45-37(49)40(17-7-4-8-18-40)44(39(45)51)24-27-11-14-29(15-12-27)41-38(50)43-30-10-6-5-9-26(30)3/h5-6,9-16,22,25,31-32H,4,7-8,17-21,23-24H2,1-3H3,(H,42,48)(H,46,47)(H2,41,43,50). The summed E-state index contributed by atoms with van der Waals surface area (Å²) in [6.45, 7) is 6.59. The normalized spacial score (nSPS) is 17.4. The maximum absolute atomic E-state index is 14.6. The van der Waals surface area contributed by atoms with Crippen LogP contribution in [0.1, 0.15) is 81.5 Å². The predicted octanol–water partition coefficient (Wildman–Crippen LogP) is 6.62. The molecule has 2 heterocycles. The number of imide groups is 1. The molecule has 1 saturated heterocycles. The molecule has 1 spiro atoms. The Labute approximate surface area is 309 Å². The summed E-state index contributed by atoms with van der Waals surface area (Å²) in [5.74, 6) is -1.22. The zero-order chi connectivity index (χ0) is 37.7. The molecule has 0 bridgehead atoms. The monoisotopic (exact) mass is 725 g/mol. The van der Waals surface area contributed by atoms with Gasteiger partial charge in [-0.05, 0) is 79.1 Å². The van der Waals surface area contributed by atoms with E-state index in [1.807, 2.05) is 57.2 Å². The van der Waals surface area contributed by atoms with E-state index < -0.39 is 53.9 Å². The molecule has 1 aliphatic carbocycles. The zero-order valence-electron chi connectivity index (χ0n) is 30.4. The largest absolute Gasteiger partial charge is 0.486 e. The Kier molecular flexibility index (Phi) is 11.2. The number of carbonyl (C=O) groups excluding carboxylic acids is 4. The number of carboxylic acids is 1. The summed E-state index contributed by atoms with van der Waals surface area (Å²) in [4.78, 5) is 70.7. The number of anilines is 2. The van der Waals surface area contributed by atoms with Gasteiger partial charge < -0.3 is 35.4 Å². The number of nitrogens with zero attached hydrogens (tertiary/aromatic N) is 2. The average Bonchev–Trinajstić information content (AvgIpc) is 3.32. The van der Waals surface area contributed by atoms with E-state index in [1.54, 1.807) is 35.2 Å². The molecule has 6 rings (SSSR count). The van der Waals surface area contributed by atoms with E-state index in [1.165, 1.54) is 0 Å². The molecule has 53 heavy (non-hydrogen) atoms. The molecule has 2 atom stereocenters. The summed E-state index contributed by atoms with van der Waals surface area (Å²) in [6.07, 6.45) is 3.17. The van der Waals surface area contributed by atoms with Crippen LogP contribution in [0.3, 0.4) is 0 Å². The second kappa shape index (κ2) is 16.0. The number of carbonyl (C=O) groups is 5. The van der Waals surface area contributed by atoms with E-state index in [0.29, 0.717) is 54.5 Å². The molecular formula is C40H47N5O8. The highest BCUT2D eigenvalue weighted by Crippen LogP contribution is 2.43. The van der Waals surface area contributed by atoms with Gasteiger partial charge in [0.15, 0.2) is 11.5 Å². The van der Waals surface area contributed by atoms with Gasteiger partial charge in [0.05, 0.1) is 12.5 Å². The van der Waals surface area contributed by atoms with Gasteiger partial charge in [-0.25, -0.2) is 14.5 Å². The van der Waals surface area contributed by atoms with E-state index in [0.717, 1.165) is 35.3 Å². The molecule has 4 N–H and O–H groups in total. The van der Waals surface area contributed by atoms with Gasteiger partial charge in [-0.1, -0.05) is 69.5 Å². The molecule has 3 aliphatic rings. The van der Waals surface area contributed by atoms with Crippen LogP contribution in [0.2, 0.25) is 0 Å². The van der Waals surface area contributed by atoms with Crippen molar-refractivity contribution in [2.75, 3.05) is 23.8 Å². The lowest BCUT2D eigenvalue weighted by atomic mass is 9.80. The average molecular weight is 726 g/mol. The summed E-state index contributed by atoms with van der Waals surface area (Å²) in [6, 6.07) is 16.5. The van der Waals surface area contributed by atoms with Crippen molar-refractivity contribution in [1.82, 2.24) is 15.1 Å². The summed E-state index contributed by atoms with van der Waals surface area (Å²) in [7, 11) is 0. The van der Waals surface area contributed by atoms with Crippen LogP contribution < -0.4 is 25.4 Å². The number of ether oxygens (including phenoxy) is 2. The number of rotatable bonds is 12. The Hall–Kier alpha value is -5.59. The molecular weight excluding hydrogens is 678 g/mol. The number of hydrogen-bond donors (Lipinski definition) is 4. The maximum Gasteiger partial charge on any atom is 0.328 e. The number of hydrogen-bond acceptors (Lipinski definition) is 7. The molecule has 13 nitrogen and oxygen atoms in total. The molecule has 0 aromatic heterocycles. The van der Waals surface area contributed by atoms with E-state index in [-0.39, 0.29) is 18.9 Å². The molecule has 3 aromatic carbocycles. The van der Waals surface area contributed by atoms with Crippen LogP contribution in [0, 0.1) is 12.8 Å². The van der Waals surface area contributed by atoms with Crippen molar-refractivity contribution < 1.29 is 38.6 Å². The number of benzene rings is 3. The van der Waals surface area contributed by atoms with Crippen molar-refractivity contribution in [2.45, 2.75) is 89.9 Å². The smallest absolute Gasteiger partial charge is 0.328 e. The highest BCUT2D eigenvalue weighted by molar-refractivity contribution is 6.10. The van der Waals surface area contributed by atoms with Gasteiger partial charge in [0, 0.05) is 17.9 Å². The first-order valence-electron chi connectivity index (χ1n) is 18.2. The fourth-order valence-electron chi connectivity index (χ4n) is 7.48. The van der Waals surface area contributed by atoms with Gasteiger partial charge in [-0.15, -0.1) is 0 Å². The van der Waals surface area contributed by atoms with Gasteiger partial charge in [-0.3, -0.25) is 14.4 Å². The summed E-state index contributed by atoms with van der Waals surface area (Å²) in [5.41, 5.74) is 2.34. The lowest BCUT2D eigenvalue weighted by Crippen LogP contribution is -2.53. The Morgan fingerprint density at radius 3 is 2.26 bits per heavy atom. The minimum absolute atomic E-state index is 0.0713. The number of nitrogens with one attached hydrogen (secondary N) is 3. The van der Waals surface area contributed by atoms with E-state index in [9.17, 15) is 29.1 Å². The van der Waals surface area contributed by atoms with Gasteiger partial charge in [0.25, 0.3) is 5.91 Å². The van der Waals surface area contributed by atoms with E-state index >= 15 is 0 Å². The Morgan fingerprint density at radius 2 is 1.58 bits per heavy atom. The lowest BCUT2D eigenvalue weighted by Gasteiger charge is -2.38. The fourth-order valence-corrected chi connectivity index (χ4v) is 7.48. The third-order valence-corrected chi connectivity index (χ3v) is 10.2. The maximum atomic E-state index is 14.6. The summed E-state index contributed by atoms with van der Waals surface area (Å²) < 4.78 is 11.3. The molecule has 2 aliphatic heterocycles. The number of amides is 6. The van der Waals surface area contributed by atoms with Crippen LogP contribution in [-0.4, -0.2) is 69.5 Å². The van der Waals surface area contributed by atoms with Gasteiger partial charge >= 0.3 is 18.0 Å². The van der Waals surface area contributed by atoms with Crippen LogP contribution in [0.25, 0.3) is 0 Å². The molecule has 2 unspecified atom stereocenters. The Bertz CT molecular complexity index is 1860. The number of aliphatic carboxylic acids is 1.